The maximum Gasteiger partial charge on any atom is 0.259 e. The van der Waals surface area contributed by atoms with Crippen LogP contribution >= 0.6 is 23.2 Å². The normalized spacial score (nSPS) is 11.9. The first-order valence-corrected chi connectivity index (χ1v) is 9.40. The van der Waals surface area contributed by atoms with E-state index < -0.39 is 0 Å². The van der Waals surface area contributed by atoms with Crippen LogP contribution in [0.4, 0.5) is 5.69 Å². The molecule has 0 fully saturated rings. The zero-order valence-electron chi connectivity index (χ0n) is 15.4. The van der Waals surface area contributed by atoms with E-state index in [0.717, 1.165) is 16.7 Å². The fourth-order valence-corrected chi connectivity index (χ4v) is 3.75. The Hall–Kier alpha value is -2.36. The third-order valence-electron chi connectivity index (χ3n) is 4.62. The lowest BCUT2D eigenvalue weighted by molar-refractivity contribution is 0.0977. The van der Waals surface area contributed by atoms with Crippen molar-refractivity contribution < 1.29 is 4.79 Å². The fraction of sp³-hybridized carbons (Fsp3) is 0.182. The van der Waals surface area contributed by atoms with Gasteiger partial charge in [0.25, 0.3) is 5.91 Å². The van der Waals surface area contributed by atoms with Gasteiger partial charge in [-0.1, -0.05) is 47.5 Å². The molecule has 1 unspecified atom stereocenters. The predicted octanol–water partition coefficient (Wildman–Crippen LogP) is 6.41. The van der Waals surface area contributed by atoms with E-state index in [4.69, 9.17) is 23.2 Å². The quantitative estimate of drug-likeness (QED) is 0.508. The Morgan fingerprint density at radius 2 is 1.67 bits per heavy atom. The van der Waals surface area contributed by atoms with Gasteiger partial charge in [0.15, 0.2) is 0 Å². The molecule has 0 spiro atoms. The highest BCUT2D eigenvalue weighted by molar-refractivity contribution is 6.35. The van der Waals surface area contributed by atoms with Crippen LogP contribution in [0.25, 0.3) is 0 Å². The number of nitrogens with zero attached hydrogens (tertiary/aromatic N) is 2. The molecular weight excluding hydrogens is 379 g/mol. The molecular formula is C22H20Cl2N2O. The van der Waals surface area contributed by atoms with E-state index in [1.165, 1.54) is 0 Å². The number of benzene rings is 2. The number of aromatic nitrogens is 1. The summed E-state index contributed by atoms with van der Waals surface area (Å²) in [5.41, 5.74) is 4.25. The molecule has 0 saturated carbocycles. The minimum Gasteiger partial charge on any atom is -0.301 e. The van der Waals surface area contributed by atoms with Gasteiger partial charge in [-0.05, 0) is 61.7 Å². The molecule has 0 N–H and O–H groups in total. The minimum absolute atomic E-state index is 0.121. The van der Waals surface area contributed by atoms with Gasteiger partial charge in [0, 0.05) is 33.7 Å². The maximum atomic E-state index is 13.5. The molecule has 0 radical (unpaired) electrons. The molecule has 27 heavy (non-hydrogen) atoms. The molecule has 3 rings (SSSR count). The van der Waals surface area contributed by atoms with Crippen LogP contribution < -0.4 is 4.90 Å². The van der Waals surface area contributed by atoms with Gasteiger partial charge < -0.3 is 4.90 Å². The van der Waals surface area contributed by atoms with Crippen molar-refractivity contribution in [2.24, 2.45) is 0 Å². The summed E-state index contributed by atoms with van der Waals surface area (Å²) in [5, 5.41) is 0.970. The summed E-state index contributed by atoms with van der Waals surface area (Å²) >= 11 is 12.5. The zero-order valence-corrected chi connectivity index (χ0v) is 16.9. The van der Waals surface area contributed by atoms with Crippen LogP contribution in [0.5, 0.6) is 0 Å². The van der Waals surface area contributed by atoms with Crippen LogP contribution in [0.2, 0.25) is 10.0 Å². The second-order valence-corrected chi connectivity index (χ2v) is 7.40. The van der Waals surface area contributed by atoms with Crippen LogP contribution in [0, 0.1) is 13.8 Å². The first kappa shape index (κ1) is 19.4. The molecule has 2 aromatic carbocycles. The number of anilines is 1. The summed E-state index contributed by atoms with van der Waals surface area (Å²) in [6.07, 6.45) is 3.32. The van der Waals surface area contributed by atoms with E-state index in [1.54, 1.807) is 41.6 Å². The number of halogens is 2. The molecule has 1 aromatic heterocycles. The Morgan fingerprint density at radius 3 is 2.30 bits per heavy atom. The number of carbonyl (C=O) groups is 1. The lowest BCUT2D eigenvalue weighted by Gasteiger charge is -2.31. The topological polar surface area (TPSA) is 33.2 Å². The van der Waals surface area contributed by atoms with Crippen molar-refractivity contribution >= 4 is 34.8 Å². The molecule has 0 aliphatic carbocycles. The van der Waals surface area contributed by atoms with E-state index in [9.17, 15) is 4.79 Å². The predicted molar refractivity (Wildman–Crippen MR) is 112 cm³/mol. The Bertz CT molecular complexity index is 967. The highest BCUT2D eigenvalue weighted by Crippen LogP contribution is 2.34. The van der Waals surface area contributed by atoms with Gasteiger partial charge in [-0.3, -0.25) is 9.78 Å². The summed E-state index contributed by atoms with van der Waals surface area (Å²) in [5.74, 6) is -0.121. The first-order chi connectivity index (χ1) is 12.9. The van der Waals surface area contributed by atoms with Gasteiger partial charge in [-0.25, -0.2) is 0 Å². The molecule has 0 aliphatic rings. The van der Waals surface area contributed by atoms with Crippen LogP contribution in [0.3, 0.4) is 0 Å². The average molecular weight is 399 g/mol. The summed E-state index contributed by atoms with van der Waals surface area (Å²) < 4.78 is 0. The molecule has 0 saturated heterocycles. The largest absolute Gasteiger partial charge is 0.301 e. The number of hydrogen-bond donors (Lipinski definition) is 0. The summed E-state index contributed by atoms with van der Waals surface area (Å²) in [6.45, 7) is 5.92. The molecule has 1 heterocycles. The second kappa shape index (κ2) is 8.12. The van der Waals surface area contributed by atoms with E-state index in [2.05, 4.69) is 4.98 Å². The maximum absolute atomic E-state index is 13.5. The molecule has 1 amide bonds. The van der Waals surface area contributed by atoms with Crippen molar-refractivity contribution in [3.05, 3.63) is 93.2 Å². The molecule has 138 valence electrons. The number of aryl methyl sites for hydroxylation is 2. The summed E-state index contributed by atoms with van der Waals surface area (Å²) in [4.78, 5) is 19.4. The van der Waals surface area contributed by atoms with Gasteiger partial charge in [-0.2, -0.15) is 0 Å². The van der Waals surface area contributed by atoms with Crippen LogP contribution in [0.15, 0.2) is 60.9 Å². The number of pyridine rings is 1. The SMILES string of the molecule is Cc1cnccc1C(=O)N(c1cc(Cl)cc(Cl)c1)C(C)c1ccccc1C. The van der Waals surface area contributed by atoms with Crippen molar-refractivity contribution in [1.82, 2.24) is 4.98 Å². The van der Waals surface area contributed by atoms with Crippen molar-refractivity contribution in [2.75, 3.05) is 4.90 Å². The number of carbonyl (C=O) groups excluding carboxylic acids is 1. The molecule has 0 aliphatic heterocycles. The third-order valence-corrected chi connectivity index (χ3v) is 5.06. The van der Waals surface area contributed by atoms with Gasteiger partial charge in [0.2, 0.25) is 0 Å². The average Bonchev–Trinajstić information content (AvgIpc) is 2.61. The summed E-state index contributed by atoms with van der Waals surface area (Å²) in [7, 11) is 0. The Kier molecular flexibility index (Phi) is 5.83. The zero-order chi connectivity index (χ0) is 19.6. The van der Waals surface area contributed by atoms with Crippen LogP contribution in [-0.4, -0.2) is 10.9 Å². The minimum atomic E-state index is -0.208. The van der Waals surface area contributed by atoms with Crippen molar-refractivity contribution in [3.63, 3.8) is 0 Å². The first-order valence-electron chi connectivity index (χ1n) is 8.64. The van der Waals surface area contributed by atoms with Crippen LogP contribution in [0.1, 0.15) is 40.0 Å². The number of amides is 1. The number of rotatable bonds is 4. The molecule has 5 heteroatoms. The summed E-state index contributed by atoms with van der Waals surface area (Å²) in [6, 6.07) is 14.7. The van der Waals surface area contributed by atoms with Gasteiger partial charge >= 0.3 is 0 Å². The molecule has 3 aromatic rings. The number of hydrogen-bond acceptors (Lipinski definition) is 2. The third kappa shape index (κ3) is 4.15. The molecule has 1 atom stereocenters. The second-order valence-electron chi connectivity index (χ2n) is 6.53. The van der Waals surface area contributed by atoms with Crippen molar-refractivity contribution in [3.8, 4) is 0 Å². The van der Waals surface area contributed by atoms with E-state index in [1.807, 2.05) is 45.0 Å². The monoisotopic (exact) mass is 398 g/mol. The Labute approximate surface area is 169 Å². The Balaban J connectivity index is 2.16. The van der Waals surface area contributed by atoms with E-state index in [-0.39, 0.29) is 11.9 Å². The highest BCUT2D eigenvalue weighted by Gasteiger charge is 2.27. The van der Waals surface area contributed by atoms with Crippen molar-refractivity contribution in [1.29, 1.82) is 0 Å². The van der Waals surface area contributed by atoms with Crippen molar-refractivity contribution in [2.45, 2.75) is 26.8 Å². The smallest absolute Gasteiger partial charge is 0.259 e. The van der Waals surface area contributed by atoms with Gasteiger partial charge in [0.05, 0.1) is 6.04 Å². The lowest BCUT2D eigenvalue weighted by Crippen LogP contribution is -2.34. The fourth-order valence-electron chi connectivity index (χ4n) is 3.23. The standard InChI is InChI=1S/C22H20Cl2N2O/c1-14-6-4-5-7-20(14)16(3)26(19-11-17(23)10-18(24)12-19)22(27)21-8-9-25-13-15(21)2/h4-13,16H,1-3H3. The van der Waals surface area contributed by atoms with Gasteiger partial charge in [0.1, 0.15) is 0 Å². The Morgan fingerprint density at radius 1 is 1.00 bits per heavy atom. The van der Waals surface area contributed by atoms with Gasteiger partial charge in [-0.15, -0.1) is 0 Å². The van der Waals surface area contributed by atoms with E-state index in [0.29, 0.717) is 21.3 Å². The molecule has 3 nitrogen and oxygen atoms in total. The lowest BCUT2D eigenvalue weighted by atomic mass is 9.99. The van der Waals surface area contributed by atoms with E-state index >= 15 is 0 Å². The van der Waals surface area contributed by atoms with Crippen LogP contribution in [-0.2, 0) is 0 Å². The molecule has 0 bridgehead atoms. The highest BCUT2D eigenvalue weighted by atomic mass is 35.5.